The summed E-state index contributed by atoms with van der Waals surface area (Å²) in [6.45, 7) is 9.07. The van der Waals surface area contributed by atoms with Gasteiger partial charge in [0.1, 0.15) is 23.5 Å². The number of nitriles is 1. The normalized spacial score (nSPS) is 24.2. The van der Waals surface area contributed by atoms with Crippen molar-refractivity contribution in [3.05, 3.63) is 29.8 Å². The summed E-state index contributed by atoms with van der Waals surface area (Å²) in [5.41, 5.74) is -0.0944. The first kappa shape index (κ1) is 23.4. The van der Waals surface area contributed by atoms with E-state index in [9.17, 15) is 9.59 Å². The van der Waals surface area contributed by atoms with E-state index in [0.29, 0.717) is 36.9 Å². The Bertz CT molecular complexity index is 900. The number of nitrogens with zero attached hydrogens (tertiary/aromatic N) is 4. The van der Waals surface area contributed by atoms with E-state index in [0.717, 1.165) is 19.5 Å². The van der Waals surface area contributed by atoms with E-state index in [1.165, 1.54) is 17.7 Å². The molecule has 2 heterocycles. The maximum Gasteiger partial charge on any atom is 0.411 e. The maximum absolute atomic E-state index is 13.6. The molecule has 2 saturated heterocycles. The molecule has 0 bridgehead atoms. The van der Waals surface area contributed by atoms with Gasteiger partial charge < -0.3 is 14.4 Å². The molecule has 178 valence electrons. The van der Waals surface area contributed by atoms with Crippen LogP contribution in [0.15, 0.2) is 24.3 Å². The number of carbonyl (C=O) groups excluding carboxylic acids is 2. The van der Waals surface area contributed by atoms with Crippen LogP contribution in [0.1, 0.15) is 52.0 Å². The van der Waals surface area contributed by atoms with E-state index in [2.05, 4.69) is 11.0 Å². The molecule has 0 spiro atoms. The number of hydrogen-bond acceptors (Lipinski definition) is 6. The van der Waals surface area contributed by atoms with E-state index in [-0.39, 0.29) is 18.6 Å². The van der Waals surface area contributed by atoms with Crippen LogP contribution in [0.25, 0.3) is 0 Å². The second-order valence-electron chi connectivity index (χ2n) is 10.2. The standard InChI is InChI=1S/C25H34N4O4/c1-25(2,3)33-24(31)29-17-21(32-20-9-5-18(16-26)6-10-20)15-22(29)23(30)28-12-4-11-27(13-14-28)19-7-8-19/h5-6,9-10,19,21-22H,4,7-8,11-15,17H2,1-3H3/t21-,22+/m0/s1. The minimum Gasteiger partial charge on any atom is -0.488 e. The number of ether oxygens (including phenoxy) is 2. The third-order valence-corrected chi connectivity index (χ3v) is 6.37. The van der Waals surface area contributed by atoms with Gasteiger partial charge in [-0.25, -0.2) is 4.79 Å². The fourth-order valence-electron chi connectivity index (χ4n) is 4.61. The molecule has 1 aliphatic carbocycles. The van der Waals surface area contributed by atoms with Crippen LogP contribution < -0.4 is 4.74 Å². The molecule has 0 unspecified atom stereocenters. The third kappa shape index (κ3) is 5.97. The molecule has 8 heteroatoms. The van der Waals surface area contributed by atoms with Crippen molar-refractivity contribution in [2.45, 2.75) is 70.2 Å². The second-order valence-corrected chi connectivity index (χ2v) is 10.2. The summed E-state index contributed by atoms with van der Waals surface area (Å²) >= 11 is 0. The van der Waals surface area contributed by atoms with Crippen LogP contribution in [0, 0.1) is 11.3 Å². The van der Waals surface area contributed by atoms with E-state index in [1.54, 1.807) is 24.3 Å². The predicted molar refractivity (Wildman–Crippen MR) is 123 cm³/mol. The average molecular weight is 455 g/mol. The van der Waals surface area contributed by atoms with Crippen LogP contribution in [-0.4, -0.2) is 83.2 Å². The summed E-state index contributed by atoms with van der Waals surface area (Å²) in [6.07, 6.45) is 3.08. The lowest BCUT2D eigenvalue weighted by Crippen LogP contribution is -2.49. The largest absolute Gasteiger partial charge is 0.488 e. The first-order chi connectivity index (χ1) is 15.7. The van der Waals surface area contributed by atoms with Gasteiger partial charge in [0.05, 0.1) is 18.2 Å². The van der Waals surface area contributed by atoms with Crippen LogP contribution >= 0.6 is 0 Å². The van der Waals surface area contributed by atoms with Crippen molar-refractivity contribution in [3.63, 3.8) is 0 Å². The smallest absolute Gasteiger partial charge is 0.411 e. The van der Waals surface area contributed by atoms with Crippen LogP contribution in [0.3, 0.4) is 0 Å². The van der Waals surface area contributed by atoms with Crippen LogP contribution in [0.5, 0.6) is 5.75 Å². The Morgan fingerprint density at radius 1 is 1.06 bits per heavy atom. The van der Waals surface area contributed by atoms with Crippen LogP contribution in [0.4, 0.5) is 4.79 Å². The van der Waals surface area contributed by atoms with E-state index in [4.69, 9.17) is 14.7 Å². The zero-order chi connectivity index (χ0) is 23.6. The van der Waals surface area contributed by atoms with Crippen molar-refractivity contribution in [1.29, 1.82) is 5.26 Å². The SMILES string of the molecule is CC(C)(C)OC(=O)N1C[C@@H](Oc2ccc(C#N)cc2)C[C@@H]1C(=O)N1CCCN(C2CC2)CC1. The molecule has 33 heavy (non-hydrogen) atoms. The highest BCUT2D eigenvalue weighted by molar-refractivity contribution is 5.86. The molecule has 0 radical (unpaired) electrons. The summed E-state index contributed by atoms with van der Waals surface area (Å²) in [5, 5.41) is 9.00. The van der Waals surface area contributed by atoms with Gasteiger partial charge in [-0.15, -0.1) is 0 Å². The highest BCUT2D eigenvalue weighted by Crippen LogP contribution is 2.29. The highest BCUT2D eigenvalue weighted by Gasteiger charge is 2.44. The lowest BCUT2D eigenvalue weighted by atomic mass is 10.1. The fourth-order valence-corrected chi connectivity index (χ4v) is 4.61. The Labute approximate surface area is 196 Å². The summed E-state index contributed by atoms with van der Waals surface area (Å²) in [5.74, 6) is 0.593. The minimum absolute atomic E-state index is 0.0237. The Morgan fingerprint density at radius 2 is 1.79 bits per heavy atom. The Balaban J connectivity index is 1.46. The molecule has 0 aromatic heterocycles. The van der Waals surface area contributed by atoms with Crippen molar-refractivity contribution in [1.82, 2.24) is 14.7 Å². The number of carbonyl (C=O) groups is 2. The van der Waals surface area contributed by atoms with Gasteiger partial charge in [-0.1, -0.05) is 0 Å². The Kier molecular flexibility index (Phi) is 6.80. The minimum atomic E-state index is -0.649. The number of hydrogen-bond donors (Lipinski definition) is 0. The van der Waals surface area contributed by atoms with E-state index < -0.39 is 17.7 Å². The van der Waals surface area contributed by atoms with Crippen LogP contribution in [-0.2, 0) is 9.53 Å². The van der Waals surface area contributed by atoms with Crippen molar-refractivity contribution in [3.8, 4) is 11.8 Å². The molecule has 4 rings (SSSR count). The molecule has 3 fully saturated rings. The fraction of sp³-hybridized carbons (Fsp3) is 0.640. The molecule has 0 N–H and O–H groups in total. The van der Waals surface area contributed by atoms with Crippen molar-refractivity contribution in [2.75, 3.05) is 32.7 Å². The van der Waals surface area contributed by atoms with Crippen molar-refractivity contribution in [2.24, 2.45) is 0 Å². The molecule has 3 aliphatic rings. The molecule has 2 amide bonds. The molecular weight excluding hydrogens is 420 g/mol. The van der Waals surface area contributed by atoms with Crippen LogP contribution in [0.2, 0.25) is 0 Å². The maximum atomic E-state index is 13.6. The summed E-state index contributed by atoms with van der Waals surface area (Å²) in [6, 6.07) is 9.06. The lowest BCUT2D eigenvalue weighted by Gasteiger charge is -2.31. The average Bonchev–Trinajstić information content (AvgIpc) is 3.56. The molecule has 1 aromatic rings. The van der Waals surface area contributed by atoms with Gasteiger partial charge in [0.25, 0.3) is 0 Å². The second kappa shape index (κ2) is 9.60. The molecule has 2 atom stereocenters. The first-order valence-corrected chi connectivity index (χ1v) is 11.9. The highest BCUT2D eigenvalue weighted by atomic mass is 16.6. The molecule has 8 nitrogen and oxygen atoms in total. The summed E-state index contributed by atoms with van der Waals surface area (Å²) < 4.78 is 11.7. The Hall–Kier alpha value is -2.79. The van der Waals surface area contributed by atoms with Gasteiger partial charge >= 0.3 is 6.09 Å². The third-order valence-electron chi connectivity index (χ3n) is 6.37. The monoisotopic (exact) mass is 454 g/mol. The first-order valence-electron chi connectivity index (χ1n) is 11.9. The number of amides is 2. The predicted octanol–water partition coefficient (Wildman–Crippen LogP) is 3.01. The van der Waals surface area contributed by atoms with Crippen molar-refractivity contribution >= 4 is 12.0 Å². The van der Waals surface area contributed by atoms with Gasteiger partial charge in [0.2, 0.25) is 5.91 Å². The number of likely N-dealkylation sites (tertiary alicyclic amines) is 1. The quantitative estimate of drug-likeness (QED) is 0.695. The topological polar surface area (TPSA) is 86.1 Å². The van der Waals surface area contributed by atoms with Crippen molar-refractivity contribution < 1.29 is 19.1 Å². The molecule has 1 aromatic carbocycles. The zero-order valence-corrected chi connectivity index (χ0v) is 19.8. The Morgan fingerprint density at radius 3 is 2.42 bits per heavy atom. The number of benzene rings is 1. The molecule has 1 saturated carbocycles. The summed E-state index contributed by atoms with van der Waals surface area (Å²) in [4.78, 5) is 32.5. The summed E-state index contributed by atoms with van der Waals surface area (Å²) in [7, 11) is 0. The van der Waals surface area contributed by atoms with Gasteiger partial charge in [-0.3, -0.25) is 14.6 Å². The van der Waals surface area contributed by atoms with Gasteiger partial charge in [-0.2, -0.15) is 5.26 Å². The van der Waals surface area contributed by atoms with Gasteiger partial charge in [-0.05, 0) is 64.3 Å². The van der Waals surface area contributed by atoms with E-state index >= 15 is 0 Å². The zero-order valence-electron chi connectivity index (χ0n) is 19.8. The van der Waals surface area contributed by atoms with Gasteiger partial charge in [0, 0.05) is 38.6 Å². The van der Waals surface area contributed by atoms with Gasteiger partial charge in [0.15, 0.2) is 0 Å². The number of rotatable bonds is 4. The molecular formula is C25H34N4O4. The van der Waals surface area contributed by atoms with E-state index in [1.807, 2.05) is 25.7 Å². The lowest BCUT2D eigenvalue weighted by molar-refractivity contribution is -0.135. The molecule has 2 aliphatic heterocycles.